The summed E-state index contributed by atoms with van der Waals surface area (Å²) in [5.74, 6) is -0.862. The number of carbonyl (C=O) groups is 2. The maximum atomic E-state index is 13.3. The van der Waals surface area contributed by atoms with Crippen molar-refractivity contribution < 1.29 is 28.7 Å². The molecular formula is C22H25N2O5+. The fourth-order valence-corrected chi connectivity index (χ4v) is 4.53. The van der Waals surface area contributed by atoms with E-state index in [0.717, 1.165) is 16.5 Å². The van der Waals surface area contributed by atoms with Crippen molar-refractivity contribution in [3.63, 3.8) is 0 Å². The highest BCUT2D eigenvalue weighted by atomic mass is 16.6. The summed E-state index contributed by atoms with van der Waals surface area (Å²) in [4.78, 5) is 25.3. The zero-order valence-corrected chi connectivity index (χ0v) is 16.9. The Bertz CT molecular complexity index is 1080. The van der Waals surface area contributed by atoms with E-state index in [9.17, 15) is 14.7 Å². The molecule has 3 heterocycles. The van der Waals surface area contributed by atoms with Gasteiger partial charge in [0.1, 0.15) is 6.42 Å². The summed E-state index contributed by atoms with van der Waals surface area (Å²) >= 11 is 0. The zero-order valence-electron chi connectivity index (χ0n) is 16.9. The third kappa shape index (κ3) is 2.84. The molecule has 2 aliphatic rings. The van der Waals surface area contributed by atoms with E-state index in [2.05, 4.69) is 0 Å². The number of aliphatic hydroxyl groups excluding tert-OH is 1. The van der Waals surface area contributed by atoms with Crippen molar-refractivity contribution in [2.75, 3.05) is 13.7 Å². The van der Waals surface area contributed by atoms with Gasteiger partial charge in [0.2, 0.25) is 0 Å². The van der Waals surface area contributed by atoms with Crippen LogP contribution in [-0.4, -0.2) is 45.7 Å². The lowest BCUT2D eigenvalue weighted by molar-refractivity contribution is -0.467. The number of hydrogen-bond acceptors (Lipinski definition) is 5. The monoisotopic (exact) mass is 397 g/mol. The molecule has 1 N–H and O–H groups in total. The SMILES string of the molecule is CCC12CCC[N+](C(=O)Cc3cn(C)c4ccccc34)=C1OC(C(=O)OC)=C2O. The average molecular weight is 397 g/mol. The summed E-state index contributed by atoms with van der Waals surface area (Å²) in [6.07, 6.45) is 4.02. The van der Waals surface area contributed by atoms with E-state index in [1.807, 2.05) is 49.0 Å². The number of hydrogen-bond donors (Lipinski definition) is 1. The molecule has 0 saturated carbocycles. The van der Waals surface area contributed by atoms with Gasteiger partial charge in [-0.25, -0.2) is 9.59 Å². The highest BCUT2D eigenvalue weighted by Gasteiger charge is 2.58. The molecule has 1 amide bonds. The van der Waals surface area contributed by atoms with Gasteiger partial charge in [0.25, 0.3) is 5.76 Å². The molecule has 0 bridgehead atoms. The molecule has 0 fully saturated rings. The number of para-hydroxylation sites is 1. The maximum Gasteiger partial charge on any atom is 0.394 e. The van der Waals surface area contributed by atoms with E-state index >= 15 is 0 Å². The number of aromatic nitrogens is 1. The number of carbonyl (C=O) groups excluding carboxylic acids is 2. The smallest absolute Gasteiger partial charge is 0.394 e. The molecule has 0 spiro atoms. The highest BCUT2D eigenvalue weighted by molar-refractivity contribution is 5.99. The highest BCUT2D eigenvalue weighted by Crippen LogP contribution is 2.46. The predicted molar refractivity (Wildman–Crippen MR) is 106 cm³/mol. The molecule has 4 rings (SSSR count). The Hall–Kier alpha value is -3.09. The molecule has 29 heavy (non-hydrogen) atoms. The van der Waals surface area contributed by atoms with Crippen LogP contribution in [0.3, 0.4) is 0 Å². The van der Waals surface area contributed by atoms with Crippen molar-refractivity contribution in [3.05, 3.63) is 47.5 Å². The number of rotatable bonds is 4. The first-order valence-corrected chi connectivity index (χ1v) is 9.83. The van der Waals surface area contributed by atoms with E-state index in [0.29, 0.717) is 31.7 Å². The Morgan fingerprint density at radius 1 is 1.34 bits per heavy atom. The van der Waals surface area contributed by atoms with Crippen molar-refractivity contribution in [2.24, 2.45) is 12.5 Å². The molecule has 1 aromatic heterocycles. The van der Waals surface area contributed by atoms with Crippen LogP contribution in [0, 0.1) is 5.41 Å². The topological polar surface area (TPSA) is 80.8 Å². The van der Waals surface area contributed by atoms with Gasteiger partial charge in [0, 0.05) is 30.6 Å². The summed E-state index contributed by atoms with van der Waals surface area (Å²) in [7, 11) is 3.19. The number of fused-ring (bicyclic) bond motifs is 2. The van der Waals surface area contributed by atoms with Gasteiger partial charge in [0.15, 0.2) is 17.7 Å². The Morgan fingerprint density at radius 2 is 2.10 bits per heavy atom. The largest absolute Gasteiger partial charge is 0.507 e. The van der Waals surface area contributed by atoms with Gasteiger partial charge in [-0.15, -0.1) is 4.58 Å². The van der Waals surface area contributed by atoms with E-state index in [1.165, 1.54) is 7.11 Å². The Kier molecular flexibility index (Phi) is 4.68. The van der Waals surface area contributed by atoms with Crippen LogP contribution in [0.2, 0.25) is 0 Å². The van der Waals surface area contributed by atoms with E-state index in [4.69, 9.17) is 9.47 Å². The minimum atomic E-state index is -0.851. The molecule has 2 aliphatic heterocycles. The molecule has 7 nitrogen and oxygen atoms in total. The number of aliphatic hydroxyl groups is 1. The van der Waals surface area contributed by atoms with Gasteiger partial charge in [-0.3, -0.25) is 0 Å². The molecule has 152 valence electrons. The lowest BCUT2D eigenvalue weighted by Gasteiger charge is -2.27. The fraction of sp³-hybridized carbons (Fsp3) is 0.409. The van der Waals surface area contributed by atoms with Crippen LogP contribution in [0.5, 0.6) is 0 Å². The third-order valence-electron chi connectivity index (χ3n) is 6.10. The van der Waals surface area contributed by atoms with Crippen molar-refractivity contribution in [3.8, 4) is 0 Å². The van der Waals surface area contributed by atoms with Crippen LogP contribution in [0.15, 0.2) is 42.0 Å². The maximum absolute atomic E-state index is 13.3. The van der Waals surface area contributed by atoms with Crippen molar-refractivity contribution in [2.45, 2.75) is 32.6 Å². The Balaban J connectivity index is 1.73. The summed E-state index contributed by atoms with van der Waals surface area (Å²) in [5.41, 5.74) is 1.15. The van der Waals surface area contributed by atoms with Crippen molar-refractivity contribution in [1.82, 2.24) is 4.57 Å². The van der Waals surface area contributed by atoms with Crippen LogP contribution in [0.25, 0.3) is 10.9 Å². The van der Waals surface area contributed by atoms with Gasteiger partial charge < -0.3 is 19.1 Å². The van der Waals surface area contributed by atoms with Crippen LogP contribution in [-0.2, 0) is 32.5 Å². The number of nitrogens with zero attached hydrogens (tertiary/aromatic N) is 2. The second-order valence-electron chi connectivity index (χ2n) is 7.62. The molecule has 0 radical (unpaired) electrons. The minimum absolute atomic E-state index is 0.118. The van der Waals surface area contributed by atoms with Gasteiger partial charge in [-0.2, -0.15) is 0 Å². The number of amides is 1. The average Bonchev–Trinajstić information content (AvgIpc) is 3.22. The van der Waals surface area contributed by atoms with Crippen LogP contribution in [0.1, 0.15) is 31.7 Å². The first kappa shape index (κ1) is 19.2. The van der Waals surface area contributed by atoms with E-state index in [-0.39, 0.29) is 23.8 Å². The molecule has 7 heteroatoms. The molecule has 1 aromatic carbocycles. The second-order valence-corrected chi connectivity index (χ2v) is 7.62. The summed E-state index contributed by atoms with van der Waals surface area (Å²) in [6, 6.07) is 7.95. The quantitative estimate of drug-likeness (QED) is 0.634. The molecule has 0 saturated heterocycles. The molecule has 1 unspecified atom stereocenters. The summed E-state index contributed by atoms with van der Waals surface area (Å²) in [5, 5.41) is 11.8. The summed E-state index contributed by atoms with van der Waals surface area (Å²) < 4.78 is 14.1. The predicted octanol–water partition coefficient (Wildman–Crippen LogP) is 2.82. The first-order chi connectivity index (χ1) is 13.9. The Labute approximate surface area is 168 Å². The van der Waals surface area contributed by atoms with Gasteiger partial charge >= 0.3 is 17.8 Å². The second kappa shape index (κ2) is 7.06. The standard InChI is InChI=1S/C22H24N2O5/c1-4-22-10-7-11-24(21(22)29-18(19(22)26)20(27)28-3)17(25)12-14-13-23(2)16-9-6-5-8-15(14)16/h5-6,8-9,13H,4,7,10-12H2,1-3H3/p+1. The van der Waals surface area contributed by atoms with E-state index in [1.54, 1.807) is 4.58 Å². The minimum Gasteiger partial charge on any atom is -0.507 e. The van der Waals surface area contributed by atoms with Gasteiger partial charge in [-0.05, 0) is 24.5 Å². The fourth-order valence-electron chi connectivity index (χ4n) is 4.53. The molecule has 0 aliphatic carbocycles. The van der Waals surface area contributed by atoms with Crippen LogP contribution >= 0.6 is 0 Å². The lowest BCUT2D eigenvalue weighted by Crippen LogP contribution is -2.44. The number of methoxy groups -OCH3 is 1. The summed E-state index contributed by atoms with van der Waals surface area (Å²) in [6.45, 7) is 2.40. The zero-order chi connectivity index (χ0) is 20.8. The number of benzene rings is 1. The normalized spacial score (nSPS) is 21.3. The third-order valence-corrected chi connectivity index (χ3v) is 6.10. The molecule has 1 atom stereocenters. The van der Waals surface area contributed by atoms with Gasteiger partial charge in [-0.1, -0.05) is 25.1 Å². The molecular weight excluding hydrogens is 372 g/mol. The van der Waals surface area contributed by atoms with Crippen molar-refractivity contribution in [1.29, 1.82) is 0 Å². The van der Waals surface area contributed by atoms with Crippen LogP contribution < -0.4 is 0 Å². The van der Waals surface area contributed by atoms with E-state index < -0.39 is 11.4 Å². The van der Waals surface area contributed by atoms with Crippen LogP contribution in [0.4, 0.5) is 0 Å². The van der Waals surface area contributed by atoms with Crippen molar-refractivity contribution >= 4 is 28.7 Å². The lowest BCUT2D eigenvalue weighted by atomic mass is 9.77. The van der Waals surface area contributed by atoms with Gasteiger partial charge in [0.05, 0.1) is 7.11 Å². The number of aryl methyl sites for hydroxylation is 1. The number of esters is 1. The Morgan fingerprint density at radius 3 is 2.83 bits per heavy atom. The molecule has 2 aromatic rings. The first-order valence-electron chi connectivity index (χ1n) is 9.83. The number of ether oxygens (including phenoxy) is 2.